The highest BCUT2D eigenvalue weighted by Gasteiger charge is 2.29. The van der Waals surface area contributed by atoms with Crippen molar-refractivity contribution < 1.29 is 30.0 Å². The van der Waals surface area contributed by atoms with E-state index < -0.39 is 24.1 Å². The molecule has 1 aromatic carbocycles. The Morgan fingerprint density at radius 1 is 0.952 bits per heavy atom. The molecular weight excluding hydrogens is 278 g/mol. The fraction of sp³-hybridized carbons (Fsp3) is 0.143. The Kier molecular flexibility index (Phi) is 6.12. The van der Waals surface area contributed by atoms with E-state index in [2.05, 4.69) is 23.5 Å². The number of aliphatic hydroxyl groups excluding tert-OH is 2. The van der Waals surface area contributed by atoms with Gasteiger partial charge in [0.2, 0.25) is 0 Å². The van der Waals surface area contributed by atoms with Crippen molar-refractivity contribution in [1.29, 1.82) is 0 Å². The number of aliphatic carboxylic acids is 2. The van der Waals surface area contributed by atoms with Crippen molar-refractivity contribution in [3.63, 3.8) is 0 Å². The number of carbonyl (C=O) groups is 2. The Morgan fingerprint density at radius 2 is 1.52 bits per heavy atom. The van der Waals surface area contributed by atoms with Crippen LogP contribution in [-0.4, -0.2) is 44.6 Å². The first-order chi connectivity index (χ1) is 9.93. The Morgan fingerprint density at radius 3 is 2.10 bits per heavy atom. The van der Waals surface area contributed by atoms with E-state index in [1.54, 1.807) is 0 Å². The van der Waals surface area contributed by atoms with Gasteiger partial charge >= 0.3 is 11.9 Å². The molecule has 0 saturated carbocycles. The second kappa shape index (κ2) is 7.83. The van der Waals surface area contributed by atoms with Crippen LogP contribution in [0.15, 0.2) is 42.6 Å². The first kappa shape index (κ1) is 16.4. The predicted octanol–water partition coefficient (Wildman–Crippen LogP) is 0.516. The van der Waals surface area contributed by atoms with Gasteiger partial charge in [0.25, 0.3) is 0 Å². The molecule has 0 amide bonds. The third-order valence-corrected chi connectivity index (χ3v) is 2.49. The molecule has 112 valence electrons. The summed E-state index contributed by atoms with van der Waals surface area (Å²) in [6, 6.07) is 8.22. The van der Waals surface area contributed by atoms with Gasteiger partial charge in [-0.2, -0.15) is 0 Å². The molecule has 0 saturated heterocycles. The van der Waals surface area contributed by atoms with Crippen LogP contribution in [0.25, 0.3) is 6.08 Å². The number of hydrogen-bond acceptors (Lipinski definition) is 5. The SMILES string of the molecule is C1=CNc2ccccc2C=C1.O=C(O)[C@H](O)[C@@H](O)C(=O)O. The molecule has 1 aliphatic rings. The molecule has 2 rings (SSSR count). The molecule has 0 unspecified atom stereocenters. The number of hydrogen-bond donors (Lipinski definition) is 5. The van der Waals surface area contributed by atoms with Crippen molar-refractivity contribution in [2.24, 2.45) is 0 Å². The second-order valence-electron chi connectivity index (χ2n) is 4.02. The minimum Gasteiger partial charge on any atom is -0.479 e. The Labute approximate surface area is 120 Å². The quantitative estimate of drug-likeness (QED) is 0.549. The number of carboxylic acid groups (broad SMARTS) is 2. The Balaban J connectivity index is 0.000000212. The minimum absolute atomic E-state index is 1.16. The van der Waals surface area contributed by atoms with Crippen molar-refractivity contribution in [2.75, 3.05) is 5.32 Å². The molecule has 1 aromatic rings. The van der Waals surface area contributed by atoms with Crippen LogP contribution in [0.1, 0.15) is 5.56 Å². The smallest absolute Gasteiger partial charge is 0.335 e. The lowest BCUT2D eigenvalue weighted by molar-refractivity contribution is -0.165. The monoisotopic (exact) mass is 293 g/mol. The van der Waals surface area contributed by atoms with Crippen LogP contribution < -0.4 is 5.32 Å². The van der Waals surface area contributed by atoms with Crippen LogP contribution in [0.2, 0.25) is 0 Å². The summed E-state index contributed by atoms with van der Waals surface area (Å²) in [6.07, 6.45) is 3.50. The van der Waals surface area contributed by atoms with E-state index in [0.717, 1.165) is 5.69 Å². The summed E-state index contributed by atoms with van der Waals surface area (Å²) in [5.41, 5.74) is 2.40. The molecule has 5 N–H and O–H groups in total. The second-order valence-corrected chi connectivity index (χ2v) is 4.02. The molecule has 21 heavy (non-hydrogen) atoms. The fourth-order valence-electron chi connectivity index (χ4n) is 1.40. The summed E-state index contributed by atoms with van der Waals surface area (Å²) in [5.74, 6) is -3.54. The van der Waals surface area contributed by atoms with E-state index in [1.165, 1.54) is 5.56 Å². The van der Waals surface area contributed by atoms with E-state index in [1.807, 2.05) is 30.5 Å². The number of nitrogens with one attached hydrogen (secondary N) is 1. The highest BCUT2D eigenvalue weighted by molar-refractivity contribution is 5.83. The Hall–Kier alpha value is -2.64. The maximum absolute atomic E-state index is 9.77. The topological polar surface area (TPSA) is 127 Å². The number of rotatable bonds is 3. The zero-order valence-electron chi connectivity index (χ0n) is 10.9. The van der Waals surface area contributed by atoms with Gasteiger partial charge in [-0.15, -0.1) is 0 Å². The molecule has 0 spiro atoms. The number of para-hydroxylation sites is 1. The van der Waals surface area contributed by atoms with E-state index >= 15 is 0 Å². The highest BCUT2D eigenvalue weighted by atomic mass is 16.4. The normalized spacial score (nSPS) is 14.6. The Bertz CT molecular complexity index is 548. The minimum atomic E-state index is -2.27. The molecule has 0 radical (unpaired) electrons. The van der Waals surface area contributed by atoms with Gasteiger partial charge in [-0.05, 0) is 17.7 Å². The maximum Gasteiger partial charge on any atom is 0.335 e. The van der Waals surface area contributed by atoms with E-state index in [0.29, 0.717) is 0 Å². The first-order valence-electron chi connectivity index (χ1n) is 5.94. The van der Waals surface area contributed by atoms with Crippen molar-refractivity contribution in [3.05, 3.63) is 48.2 Å². The molecule has 0 fully saturated rings. The standard InChI is InChI=1S/C10H9N.C4H6O6/c1-2-7-10-9(5-1)6-3-4-8-11-10;5-1(3(7)8)2(6)4(9)10/h1-8,11H;1-2,5-6H,(H,7,8)(H,9,10)/t;1-,2-/m.1/s1. The number of fused-ring (bicyclic) bond motifs is 1. The lowest BCUT2D eigenvalue weighted by atomic mass is 10.2. The molecule has 7 nitrogen and oxygen atoms in total. The van der Waals surface area contributed by atoms with Crippen LogP contribution in [0, 0.1) is 0 Å². The van der Waals surface area contributed by atoms with Crippen molar-refractivity contribution in [1.82, 2.24) is 0 Å². The summed E-state index contributed by atoms with van der Waals surface area (Å²) >= 11 is 0. The molecule has 7 heteroatoms. The lowest BCUT2D eigenvalue weighted by Crippen LogP contribution is -2.39. The number of carboxylic acids is 2. The third kappa shape index (κ3) is 5.09. The first-order valence-corrected chi connectivity index (χ1v) is 5.94. The third-order valence-electron chi connectivity index (χ3n) is 2.49. The van der Waals surface area contributed by atoms with E-state index in [-0.39, 0.29) is 0 Å². The average Bonchev–Trinajstić information content (AvgIpc) is 2.71. The van der Waals surface area contributed by atoms with Crippen LogP contribution in [0.5, 0.6) is 0 Å². The lowest BCUT2D eigenvalue weighted by Gasteiger charge is -2.07. The average molecular weight is 293 g/mol. The fourth-order valence-corrected chi connectivity index (χ4v) is 1.40. The summed E-state index contributed by atoms with van der Waals surface area (Å²) < 4.78 is 0. The summed E-state index contributed by atoms with van der Waals surface area (Å²) in [5, 5.41) is 35.7. The summed E-state index contributed by atoms with van der Waals surface area (Å²) in [7, 11) is 0. The van der Waals surface area contributed by atoms with Crippen molar-refractivity contribution >= 4 is 23.7 Å². The maximum atomic E-state index is 9.77. The van der Waals surface area contributed by atoms with Crippen LogP contribution in [-0.2, 0) is 9.59 Å². The van der Waals surface area contributed by atoms with Gasteiger partial charge in [-0.1, -0.05) is 30.4 Å². The van der Waals surface area contributed by atoms with Gasteiger partial charge in [0.1, 0.15) is 0 Å². The predicted molar refractivity (Wildman–Crippen MR) is 75.5 cm³/mol. The molecular formula is C14H15NO6. The van der Waals surface area contributed by atoms with Gasteiger partial charge in [-0.3, -0.25) is 0 Å². The van der Waals surface area contributed by atoms with Gasteiger partial charge in [0.05, 0.1) is 0 Å². The van der Waals surface area contributed by atoms with Crippen molar-refractivity contribution in [3.8, 4) is 0 Å². The molecule has 1 heterocycles. The van der Waals surface area contributed by atoms with Gasteiger partial charge < -0.3 is 25.7 Å². The molecule has 0 bridgehead atoms. The van der Waals surface area contributed by atoms with E-state index in [4.69, 9.17) is 20.4 Å². The largest absolute Gasteiger partial charge is 0.479 e. The van der Waals surface area contributed by atoms with Crippen LogP contribution >= 0.6 is 0 Å². The number of benzene rings is 1. The molecule has 0 aliphatic carbocycles. The van der Waals surface area contributed by atoms with Gasteiger partial charge in [0, 0.05) is 11.9 Å². The summed E-state index contributed by atoms with van der Waals surface area (Å²) in [6.45, 7) is 0. The van der Waals surface area contributed by atoms with Gasteiger partial charge in [0.15, 0.2) is 12.2 Å². The van der Waals surface area contributed by atoms with Gasteiger partial charge in [-0.25, -0.2) is 9.59 Å². The zero-order chi connectivity index (χ0) is 15.8. The number of aliphatic hydroxyl groups is 2. The van der Waals surface area contributed by atoms with Crippen LogP contribution in [0.4, 0.5) is 5.69 Å². The molecule has 0 aromatic heterocycles. The molecule has 2 atom stereocenters. The zero-order valence-corrected chi connectivity index (χ0v) is 10.9. The highest BCUT2D eigenvalue weighted by Crippen LogP contribution is 2.18. The van der Waals surface area contributed by atoms with Crippen molar-refractivity contribution in [2.45, 2.75) is 12.2 Å². The number of allylic oxidation sites excluding steroid dienone is 2. The summed E-state index contributed by atoms with van der Waals surface area (Å²) in [4.78, 5) is 19.5. The van der Waals surface area contributed by atoms with E-state index in [9.17, 15) is 9.59 Å². The number of anilines is 1. The van der Waals surface area contributed by atoms with Crippen LogP contribution in [0.3, 0.4) is 0 Å². The molecule has 1 aliphatic heterocycles.